The van der Waals surface area contributed by atoms with E-state index in [1.807, 2.05) is 37.3 Å². The Hall–Kier alpha value is -1.78. The first-order valence-corrected chi connectivity index (χ1v) is 7.31. The molecule has 0 amide bonds. The van der Waals surface area contributed by atoms with E-state index < -0.39 is 0 Å². The normalized spacial score (nSPS) is 12.8. The van der Waals surface area contributed by atoms with Crippen LogP contribution in [0.1, 0.15) is 22.2 Å². The standard InChI is InChI=1S/C16H15FN2S/c1-10-6-7-12(17)11(8-10)13(18)9-16-19-14-4-2-3-5-15(14)20-16/h2-8,13H,9,18H2,1H3. The molecule has 0 aliphatic heterocycles. The lowest BCUT2D eigenvalue weighted by atomic mass is 10.0. The molecule has 1 heterocycles. The summed E-state index contributed by atoms with van der Waals surface area (Å²) in [7, 11) is 0. The molecular weight excluding hydrogens is 271 g/mol. The highest BCUT2D eigenvalue weighted by Gasteiger charge is 2.14. The molecule has 1 unspecified atom stereocenters. The number of hydrogen-bond donors (Lipinski definition) is 1. The summed E-state index contributed by atoms with van der Waals surface area (Å²) in [5.41, 5.74) is 8.70. The van der Waals surface area contributed by atoms with Gasteiger partial charge in [-0.25, -0.2) is 9.37 Å². The van der Waals surface area contributed by atoms with E-state index in [1.165, 1.54) is 6.07 Å². The number of rotatable bonds is 3. The van der Waals surface area contributed by atoms with Crippen molar-refractivity contribution < 1.29 is 4.39 Å². The predicted molar refractivity (Wildman–Crippen MR) is 81.4 cm³/mol. The largest absolute Gasteiger partial charge is 0.324 e. The summed E-state index contributed by atoms with van der Waals surface area (Å²) in [6.07, 6.45) is 0.555. The predicted octanol–water partition coefficient (Wildman–Crippen LogP) is 3.99. The molecule has 3 aromatic rings. The zero-order valence-corrected chi connectivity index (χ0v) is 12.0. The Bertz CT molecular complexity index is 718. The molecule has 1 atom stereocenters. The molecule has 0 spiro atoms. The Morgan fingerprint density at radius 1 is 1.25 bits per heavy atom. The number of para-hydroxylation sites is 1. The average molecular weight is 286 g/mol. The van der Waals surface area contributed by atoms with Crippen molar-refractivity contribution in [1.29, 1.82) is 0 Å². The van der Waals surface area contributed by atoms with E-state index in [2.05, 4.69) is 4.98 Å². The first kappa shape index (κ1) is 13.2. The maximum absolute atomic E-state index is 13.8. The Morgan fingerprint density at radius 3 is 2.85 bits per heavy atom. The summed E-state index contributed by atoms with van der Waals surface area (Å²) < 4.78 is 15.0. The molecule has 0 aliphatic carbocycles. The second kappa shape index (κ2) is 5.31. The van der Waals surface area contributed by atoms with Gasteiger partial charge in [0.15, 0.2) is 0 Å². The quantitative estimate of drug-likeness (QED) is 0.790. The van der Waals surface area contributed by atoms with Gasteiger partial charge < -0.3 is 5.73 Å². The number of nitrogens with two attached hydrogens (primary N) is 1. The summed E-state index contributed by atoms with van der Waals surface area (Å²) in [6.45, 7) is 1.94. The fraction of sp³-hybridized carbons (Fsp3) is 0.188. The molecule has 0 bridgehead atoms. The van der Waals surface area contributed by atoms with E-state index in [9.17, 15) is 4.39 Å². The van der Waals surface area contributed by atoms with Crippen molar-refractivity contribution in [3.8, 4) is 0 Å². The maximum atomic E-state index is 13.8. The lowest BCUT2D eigenvalue weighted by Gasteiger charge is -2.12. The Morgan fingerprint density at radius 2 is 2.05 bits per heavy atom. The van der Waals surface area contributed by atoms with Crippen molar-refractivity contribution in [3.63, 3.8) is 0 Å². The van der Waals surface area contributed by atoms with Gasteiger partial charge in [0, 0.05) is 18.0 Å². The smallest absolute Gasteiger partial charge is 0.128 e. The van der Waals surface area contributed by atoms with Crippen LogP contribution in [0.25, 0.3) is 10.2 Å². The summed E-state index contributed by atoms with van der Waals surface area (Å²) in [6, 6.07) is 12.6. The first-order chi connectivity index (χ1) is 9.63. The molecule has 20 heavy (non-hydrogen) atoms. The fourth-order valence-corrected chi connectivity index (χ4v) is 3.28. The molecular formula is C16H15FN2S. The van der Waals surface area contributed by atoms with Gasteiger partial charge in [0.2, 0.25) is 0 Å². The van der Waals surface area contributed by atoms with Gasteiger partial charge in [-0.3, -0.25) is 0 Å². The lowest BCUT2D eigenvalue weighted by Crippen LogP contribution is -2.15. The summed E-state index contributed by atoms with van der Waals surface area (Å²) in [5.74, 6) is -0.246. The molecule has 0 fully saturated rings. The van der Waals surface area contributed by atoms with Gasteiger partial charge in [-0.1, -0.05) is 29.8 Å². The molecule has 4 heteroatoms. The maximum Gasteiger partial charge on any atom is 0.128 e. The second-order valence-electron chi connectivity index (χ2n) is 4.91. The highest BCUT2D eigenvalue weighted by Crippen LogP contribution is 2.26. The molecule has 2 nitrogen and oxygen atoms in total. The van der Waals surface area contributed by atoms with Crippen LogP contribution in [-0.4, -0.2) is 4.98 Å². The van der Waals surface area contributed by atoms with Crippen LogP contribution in [0.2, 0.25) is 0 Å². The van der Waals surface area contributed by atoms with Crippen molar-refractivity contribution in [2.75, 3.05) is 0 Å². The Kier molecular flexibility index (Phi) is 3.51. The van der Waals surface area contributed by atoms with E-state index in [0.717, 1.165) is 20.8 Å². The summed E-state index contributed by atoms with van der Waals surface area (Å²) >= 11 is 1.62. The van der Waals surface area contributed by atoms with Crippen LogP contribution in [-0.2, 0) is 6.42 Å². The van der Waals surface area contributed by atoms with Crippen molar-refractivity contribution in [1.82, 2.24) is 4.98 Å². The zero-order valence-electron chi connectivity index (χ0n) is 11.1. The van der Waals surface area contributed by atoms with Crippen LogP contribution in [0.5, 0.6) is 0 Å². The third-order valence-corrected chi connectivity index (χ3v) is 4.34. The Labute approximate surface area is 121 Å². The highest BCUT2D eigenvalue weighted by molar-refractivity contribution is 7.18. The van der Waals surface area contributed by atoms with Crippen LogP contribution in [0.15, 0.2) is 42.5 Å². The number of aromatic nitrogens is 1. The van der Waals surface area contributed by atoms with Gasteiger partial charge >= 0.3 is 0 Å². The Balaban J connectivity index is 1.88. The number of nitrogens with zero attached hydrogens (tertiary/aromatic N) is 1. The molecule has 102 valence electrons. The molecule has 0 saturated heterocycles. The van der Waals surface area contributed by atoms with Crippen LogP contribution in [0.4, 0.5) is 4.39 Å². The number of hydrogen-bond acceptors (Lipinski definition) is 3. The minimum atomic E-state index is -0.365. The minimum Gasteiger partial charge on any atom is -0.324 e. The number of fused-ring (bicyclic) bond motifs is 1. The van der Waals surface area contributed by atoms with Crippen LogP contribution in [0.3, 0.4) is 0 Å². The van der Waals surface area contributed by atoms with Gasteiger partial charge in [-0.2, -0.15) is 0 Å². The second-order valence-corrected chi connectivity index (χ2v) is 6.03. The minimum absolute atomic E-state index is 0.246. The third kappa shape index (κ3) is 2.57. The summed E-state index contributed by atoms with van der Waals surface area (Å²) in [5, 5.41) is 0.944. The molecule has 2 N–H and O–H groups in total. The molecule has 0 aliphatic rings. The van der Waals surface area contributed by atoms with E-state index in [-0.39, 0.29) is 11.9 Å². The number of halogens is 1. The zero-order chi connectivity index (χ0) is 14.1. The summed E-state index contributed by atoms with van der Waals surface area (Å²) in [4.78, 5) is 4.55. The van der Waals surface area contributed by atoms with Crippen molar-refractivity contribution in [2.24, 2.45) is 5.73 Å². The average Bonchev–Trinajstić information content (AvgIpc) is 2.83. The topological polar surface area (TPSA) is 38.9 Å². The van der Waals surface area contributed by atoms with Crippen LogP contribution >= 0.6 is 11.3 Å². The SMILES string of the molecule is Cc1ccc(F)c(C(N)Cc2nc3ccccc3s2)c1. The highest BCUT2D eigenvalue weighted by atomic mass is 32.1. The van der Waals surface area contributed by atoms with Crippen molar-refractivity contribution >= 4 is 21.6 Å². The van der Waals surface area contributed by atoms with E-state index >= 15 is 0 Å². The van der Waals surface area contributed by atoms with Gasteiger partial charge in [0.25, 0.3) is 0 Å². The van der Waals surface area contributed by atoms with Crippen molar-refractivity contribution in [2.45, 2.75) is 19.4 Å². The fourth-order valence-electron chi connectivity index (χ4n) is 2.25. The molecule has 3 rings (SSSR count). The first-order valence-electron chi connectivity index (χ1n) is 6.49. The van der Waals surface area contributed by atoms with Gasteiger partial charge in [-0.15, -0.1) is 11.3 Å². The number of thiazole rings is 1. The van der Waals surface area contributed by atoms with Crippen LogP contribution < -0.4 is 5.73 Å². The van der Waals surface area contributed by atoms with Gasteiger partial charge in [0.1, 0.15) is 5.82 Å². The molecule has 0 radical (unpaired) electrons. The van der Waals surface area contributed by atoms with E-state index in [0.29, 0.717) is 12.0 Å². The van der Waals surface area contributed by atoms with Crippen molar-refractivity contribution in [3.05, 3.63) is 64.4 Å². The van der Waals surface area contributed by atoms with E-state index in [4.69, 9.17) is 5.73 Å². The molecule has 1 aromatic heterocycles. The lowest BCUT2D eigenvalue weighted by molar-refractivity contribution is 0.579. The molecule has 0 saturated carbocycles. The van der Waals surface area contributed by atoms with Gasteiger partial charge in [-0.05, 0) is 25.1 Å². The van der Waals surface area contributed by atoms with Crippen LogP contribution in [0, 0.1) is 12.7 Å². The number of aryl methyl sites for hydroxylation is 1. The molecule has 2 aromatic carbocycles. The van der Waals surface area contributed by atoms with Gasteiger partial charge in [0.05, 0.1) is 15.2 Å². The third-order valence-electron chi connectivity index (χ3n) is 3.28. The monoisotopic (exact) mass is 286 g/mol. The van der Waals surface area contributed by atoms with E-state index in [1.54, 1.807) is 17.4 Å². The number of benzene rings is 2.